The van der Waals surface area contributed by atoms with Crippen LogP contribution in [0, 0.1) is 22.6 Å². The number of hydrogen-bond acceptors (Lipinski definition) is 3. The Labute approximate surface area is 114 Å². The van der Waals surface area contributed by atoms with Crippen molar-refractivity contribution in [2.45, 2.75) is 20.3 Å². The van der Waals surface area contributed by atoms with Gasteiger partial charge in [-0.1, -0.05) is 22.0 Å². The Kier molecular flexibility index (Phi) is 4.85. The van der Waals surface area contributed by atoms with Gasteiger partial charge in [-0.25, -0.2) is 4.39 Å². The van der Waals surface area contributed by atoms with E-state index in [9.17, 15) is 9.18 Å². The standard InChI is InChI=1S/C13H13BrFNO2/c1-3-18-12(17)13(2,8-16)7-9-4-5-10(15)6-11(9)14/h4-6H,3,7H2,1-2H3. The summed E-state index contributed by atoms with van der Waals surface area (Å²) in [6.45, 7) is 3.42. The normalized spacial score (nSPS) is 13.5. The third kappa shape index (κ3) is 3.30. The first-order valence-electron chi connectivity index (χ1n) is 5.45. The van der Waals surface area contributed by atoms with E-state index in [4.69, 9.17) is 10.00 Å². The average Bonchev–Trinajstić information content (AvgIpc) is 2.33. The third-order valence-corrected chi connectivity index (χ3v) is 3.27. The summed E-state index contributed by atoms with van der Waals surface area (Å²) in [6, 6.07) is 6.11. The highest BCUT2D eigenvalue weighted by molar-refractivity contribution is 9.10. The number of nitriles is 1. The number of carbonyl (C=O) groups excluding carboxylic acids is 1. The molecule has 3 nitrogen and oxygen atoms in total. The lowest BCUT2D eigenvalue weighted by Crippen LogP contribution is -2.30. The number of esters is 1. The molecule has 0 bridgehead atoms. The van der Waals surface area contributed by atoms with Crippen molar-refractivity contribution in [1.29, 1.82) is 5.26 Å². The van der Waals surface area contributed by atoms with Crippen LogP contribution in [0.5, 0.6) is 0 Å². The number of nitrogens with zero attached hydrogens (tertiary/aromatic N) is 1. The van der Waals surface area contributed by atoms with Crippen molar-refractivity contribution in [3.05, 3.63) is 34.1 Å². The Hall–Kier alpha value is -1.41. The molecule has 0 radical (unpaired) electrons. The molecule has 5 heteroatoms. The molecule has 0 saturated carbocycles. The summed E-state index contributed by atoms with van der Waals surface area (Å²) < 4.78 is 18.4. The number of ether oxygens (including phenoxy) is 1. The maximum atomic E-state index is 13.0. The highest BCUT2D eigenvalue weighted by Crippen LogP contribution is 2.28. The van der Waals surface area contributed by atoms with Crippen LogP contribution in [0.25, 0.3) is 0 Å². The van der Waals surface area contributed by atoms with Crippen molar-refractivity contribution in [1.82, 2.24) is 0 Å². The van der Waals surface area contributed by atoms with Crippen LogP contribution >= 0.6 is 15.9 Å². The highest BCUT2D eigenvalue weighted by atomic mass is 79.9. The molecule has 1 aromatic rings. The molecule has 1 rings (SSSR count). The molecule has 1 atom stereocenters. The fourth-order valence-corrected chi connectivity index (χ4v) is 1.98. The fraction of sp³-hybridized carbons (Fsp3) is 0.385. The molecule has 0 heterocycles. The lowest BCUT2D eigenvalue weighted by molar-refractivity contribution is -0.151. The van der Waals surface area contributed by atoms with Crippen LogP contribution in [0.15, 0.2) is 22.7 Å². The molecule has 0 amide bonds. The van der Waals surface area contributed by atoms with Crippen molar-refractivity contribution in [2.24, 2.45) is 5.41 Å². The summed E-state index contributed by atoms with van der Waals surface area (Å²) >= 11 is 3.22. The topological polar surface area (TPSA) is 50.1 Å². The van der Waals surface area contributed by atoms with Gasteiger partial charge in [0.1, 0.15) is 5.82 Å². The molecular weight excluding hydrogens is 301 g/mol. The monoisotopic (exact) mass is 313 g/mol. The molecule has 96 valence electrons. The molecule has 0 N–H and O–H groups in total. The Bertz CT molecular complexity index is 498. The van der Waals surface area contributed by atoms with E-state index < -0.39 is 11.4 Å². The van der Waals surface area contributed by atoms with Crippen molar-refractivity contribution < 1.29 is 13.9 Å². The minimum Gasteiger partial charge on any atom is -0.465 e. The van der Waals surface area contributed by atoms with Gasteiger partial charge < -0.3 is 4.74 Å². The molecular formula is C13H13BrFNO2. The maximum absolute atomic E-state index is 13.0. The molecule has 0 fully saturated rings. The van der Waals surface area contributed by atoms with Gasteiger partial charge in [0.05, 0.1) is 12.7 Å². The first-order valence-corrected chi connectivity index (χ1v) is 6.24. The zero-order chi connectivity index (χ0) is 13.8. The summed E-state index contributed by atoms with van der Waals surface area (Å²) in [5, 5.41) is 9.15. The average molecular weight is 314 g/mol. The van der Waals surface area contributed by atoms with Gasteiger partial charge in [0.2, 0.25) is 0 Å². The Balaban J connectivity index is 2.99. The van der Waals surface area contributed by atoms with E-state index >= 15 is 0 Å². The van der Waals surface area contributed by atoms with Gasteiger partial charge in [0.25, 0.3) is 0 Å². The minimum absolute atomic E-state index is 0.170. The summed E-state index contributed by atoms with van der Waals surface area (Å²) in [6.07, 6.45) is 0.170. The number of rotatable bonds is 4. The Morgan fingerprint density at radius 3 is 2.78 bits per heavy atom. The molecule has 0 aliphatic rings. The summed E-state index contributed by atoms with van der Waals surface area (Å²) in [5.41, 5.74) is -0.579. The van der Waals surface area contributed by atoms with Gasteiger partial charge >= 0.3 is 5.97 Å². The number of benzene rings is 1. The molecule has 0 saturated heterocycles. The van der Waals surface area contributed by atoms with Crippen LogP contribution in [0.1, 0.15) is 19.4 Å². The summed E-state index contributed by atoms with van der Waals surface area (Å²) in [5.74, 6) is -0.941. The quantitative estimate of drug-likeness (QED) is 0.802. The van der Waals surface area contributed by atoms with Crippen LogP contribution in [0.4, 0.5) is 4.39 Å². The van der Waals surface area contributed by atoms with E-state index in [0.717, 1.165) is 0 Å². The second kappa shape index (κ2) is 5.96. The van der Waals surface area contributed by atoms with Gasteiger partial charge in [-0.05, 0) is 31.5 Å². The SMILES string of the molecule is CCOC(=O)C(C)(C#N)Cc1ccc(F)cc1Br. The summed E-state index contributed by atoms with van der Waals surface area (Å²) in [4.78, 5) is 11.7. The number of hydrogen-bond donors (Lipinski definition) is 0. The molecule has 1 unspecified atom stereocenters. The van der Waals surface area contributed by atoms with Crippen LogP contribution < -0.4 is 0 Å². The second-order valence-corrected chi connectivity index (χ2v) is 4.93. The predicted molar refractivity (Wildman–Crippen MR) is 68.2 cm³/mol. The predicted octanol–water partition coefficient (Wildman–Crippen LogP) is 3.22. The van der Waals surface area contributed by atoms with E-state index in [-0.39, 0.29) is 18.8 Å². The van der Waals surface area contributed by atoms with Gasteiger partial charge in [-0.3, -0.25) is 4.79 Å². The minimum atomic E-state index is -1.27. The van der Waals surface area contributed by atoms with E-state index in [1.54, 1.807) is 13.0 Å². The molecule has 0 spiro atoms. The molecule has 0 aliphatic carbocycles. The number of carbonyl (C=O) groups is 1. The first kappa shape index (κ1) is 14.7. The number of halogens is 2. The van der Waals surface area contributed by atoms with Crippen LogP contribution in [0.2, 0.25) is 0 Å². The van der Waals surface area contributed by atoms with Gasteiger partial charge in [0, 0.05) is 10.9 Å². The highest BCUT2D eigenvalue weighted by Gasteiger charge is 2.35. The van der Waals surface area contributed by atoms with E-state index in [0.29, 0.717) is 10.0 Å². The van der Waals surface area contributed by atoms with Gasteiger partial charge in [-0.15, -0.1) is 0 Å². The van der Waals surface area contributed by atoms with E-state index in [1.165, 1.54) is 19.1 Å². The van der Waals surface area contributed by atoms with Crippen molar-refractivity contribution in [3.8, 4) is 6.07 Å². The molecule has 1 aromatic carbocycles. The largest absolute Gasteiger partial charge is 0.465 e. The lowest BCUT2D eigenvalue weighted by atomic mass is 9.85. The Morgan fingerprint density at radius 2 is 2.28 bits per heavy atom. The van der Waals surface area contributed by atoms with Crippen molar-refractivity contribution in [2.75, 3.05) is 6.61 Å². The van der Waals surface area contributed by atoms with E-state index in [2.05, 4.69) is 15.9 Å². The smallest absolute Gasteiger partial charge is 0.326 e. The second-order valence-electron chi connectivity index (χ2n) is 4.08. The van der Waals surface area contributed by atoms with Crippen LogP contribution in [-0.4, -0.2) is 12.6 Å². The molecule has 18 heavy (non-hydrogen) atoms. The Morgan fingerprint density at radius 1 is 1.61 bits per heavy atom. The molecule has 0 aliphatic heterocycles. The van der Waals surface area contributed by atoms with Crippen molar-refractivity contribution in [3.63, 3.8) is 0 Å². The van der Waals surface area contributed by atoms with Gasteiger partial charge in [0.15, 0.2) is 5.41 Å². The third-order valence-electron chi connectivity index (χ3n) is 2.53. The van der Waals surface area contributed by atoms with Crippen molar-refractivity contribution >= 4 is 21.9 Å². The fourth-order valence-electron chi connectivity index (χ4n) is 1.49. The summed E-state index contributed by atoms with van der Waals surface area (Å²) in [7, 11) is 0. The van der Waals surface area contributed by atoms with E-state index in [1.807, 2.05) is 6.07 Å². The first-order chi connectivity index (χ1) is 8.42. The zero-order valence-electron chi connectivity index (χ0n) is 10.2. The lowest BCUT2D eigenvalue weighted by Gasteiger charge is -2.20. The maximum Gasteiger partial charge on any atom is 0.326 e. The van der Waals surface area contributed by atoms with Gasteiger partial charge in [-0.2, -0.15) is 5.26 Å². The van der Waals surface area contributed by atoms with Crippen LogP contribution in [-0.2, 0) is 16.0 Å². The van der Waals surface area contributed by atoms with Crippen LogP contribution in [0.3, 0.4) is 0 Å². The molecule has 0 aromatic heterocycles. The zero-order valence-corrected chi connectivity index (χ0v) is 11.8.